The van der Waals surface area contributed by atoms with Crippen molar-refractivity contribution < 1.29 is 9.59 Å². The van der Waals surface area contributed by atoms with Gasteiger partial charge in [-0.25, -0.2) is 0 Å². The zero-order valence-corrected chi connectivity index (χ0v) is 15.7. The van der Waals surface area contributed by atoms with Crippen LogP contribution in [0.5, 0.6) is 0 Å². The third kappa shape index (κ3) is 6.76. The summed E-state index contributed by atoms with van der Waals surface area (Å²) >= 11 is 4.65. The highest BCUT2D eigenvalue weighted by molar-refractivity contribution is 9.10. The van der Waals surface area contributed by atoms with E-state index in [9.17, 15) is 9.59 Å². The molecule has 2 aromatic rings. The first-order valence-corrected chi connectivity index (χ1v) is 9.43. The van der Waals surface area contributed by atoms with Crippen molar-refractivity contribution in [3.63, 3.8) is 0 Å². The second kappa shape index (κ2) is 9.49. The van der Waals surface area contributed by atoms with Gasteiger partial charge < -0.3 is 10.6 Å². The average Bonchev–Trinajstić information content (AvgIpc) is 2.54. The van der Waals surface area contributed by atoms with E-state index >= 15 is 0 Å². The number of amides is 2. The Balaban J connectivity index is 1.65. The number of nitrogens with one attached hydrogen (secondary N) is 2. The van der Waals surface area contributed by atoms with Crippen LogP contribution in [-0.4, -0.2) is 23.3 Å². The van der Waals surface area contributed by atoms with Crippen LogP contribution in [-0.2, 0) is 16.1 Å². The Morgan fingerprint density at radius 3 is 2.46 bits per heavy atom. The van der Waals surface area contributed by atoms with Crippen LogP contribution in [0.1, 0.15) is 11.1 Å². The van der Waals surface area contributed by atoms with E-state index < -0.39 is 0 Å². The van der Waals surface area contributed by atoms with Crippen LogP contribution in [0.4, 0.5) is 5.69 Å². The summed E-state index contributed by atoms with van der Waals surface area (Å²) in [5.74, 6) is 0.308. The molecule has 0 aliphatic rings. The van der Waals surface area contributed by atoms with Crippen LogP contribution in [0.25, 0.3) is 0 Å². The van der Waals surface area contributed by atoms with Crippen LogP contribution in [0, 0.1) is 6.92 Å². The monoisotopic (exact) mass is 406 g/mol. The number of thioether (sulfide) groups is 1. The molecule has 2 rings (SSSR count). The molecule has 24 heavy (non-hydrogen) atoms. The predicted octanol–water partition coefficient (Wildman–Crippen LogP) is 3.75. The van der Waals surface area contributed by atoms with Crippen LogP contribution < -0.4 is 10.6 Å². The molecule has 0 radical (unpaired) electrons. The van der Waals surface area contributed by atoms with Gasteiger partial charge in [-0.15, -0.1) is 11.8 Å². The highest BCUT2D eigenvalue weighted by atomic mass is 79.9. The summed E-state index contributed by atoms with van der Waals surface area (Å²) in [6.07, 6.45) is 0. The normalized spacial score (nSPS) is 10.2. The van der Waals surface area contributed by atoms with Crippen molar-refractivity contribution >= 4 is 45.2 Å². The minimum atomic E-state index is -0.121. The second-order valence-electron chi connectivity index (χ2n) is 5.31. The number of anilines is 1. The van der Waals surface area contributed by atoms with E-state index in [4.69, 9.17) is 0 Å². The number of carbonyl (C=O) groups excluding carboxylic acids is 2. The van der Waals surface area contributed by atoms with Gasteiger partial charge in [0.25, 0.3) is 0 Å². The lowest BCUT2D eigenvalue weighted by Crippen LogP contribution is -2.25. The number of carbonyl (C=O) groups is 2. The maximum atomic E-state index is 11.8. The number of hydrogen-bond donors (Lipinski definition) is 2. The molecular weight excluding hydrogens is 388 g/mol. The lowest BCUT2D eigenvalue weighted by atomic mass is 10.1. The van der Waals surface area contributed by atoms with E-state index in [1.54, 1.807) is 0 Å². The lowest BCUT2D eigenvalue weighted by Gasteiger charge is -2.07. The van der Waals surface area contributed by atoms with Crippen LogP contribution >= 0.6 is 27.7 Å². The third-order valence-corrected chi connectivity index (χ3v) is 4.61. The molecule has 0 aliphatic heterocycles. The molecule has 6 heteroatoms. The van der Waals surface area contributed by atoms with Gasteiger partial charge in [-0.1, -0.05) is 51.8 Å². The minimum absolute atomic E-state index is 0.0733. The van der Waals surface area contributed by atoms with Crippen molar-refractivity contribution in [3.8, 4) is 0 Å². The Labute approximate surface area is 154 Å². The van der Waals surface area contributed by atoms with Gasteiger partial charge in [0.15, 0.2) is 0 Å². The molecule has 0 heterocycles. The van der Waals surface area contributed by atoms with E-state index in [0.717, 1.165) is 15.7 Å². The molecule has 2 amide bonds. The van der Waals surface area contributed by atoms with Gasteiger partial charge in [-0.05, 0) is 30.7 Å². The van der Waals surface area contributed by atoms with E-state index in [2.05, 4.69) is 26.6 Å². The molecule has 0 unspecified atom stereocenters. The average molecular weight is 407 g/mol. The van der Waals surface area contributed by atoms with Gasteiger partial charge in [0.05, 0.1) is 11.5 Å². The van der Waals surface area contributed by atoms with E-state index in [1.165, 1.54) is 17.3 Å². The summed E-state index contributed by atoms with van der Waals surface area (Å²) in [5.41, 5.74) is 2.99. The van der Waals surface area contributed by atoms with Crippen LogP contribution in [0.3, 0.4) is 0 Å². The number of aryl methyl sites for hydroxylation is 1. The van der Waals surface area contributed by atoms with E-state index in [-0.39, 0.29) is 23.3 Å². The summed E-state index contributed by atoms with van der Waals surface area (Å²) in [7, 11) is 0. The fourth-order valence-electron chi connectivity index (χ4n) is 1.96. The highest BCUT2D eigenvalue weighted by Gasteiger charge is 2.06. The van der Waals surface area contributed by atoms with Gasteiger partial charge >= 0.3 is 0 Å². The van der Waals surface area contributed by atoms with Crippen molar-refractivity contribution in [1.82, 2.24) is 5.32 Å². The van der Waals surface area contributed by atoms with Crippen molar-refractivity contribution in [1.29, 1.82) is 0 Å². The molecule has 0 atom stereocenters. The molecule has 126 valence electrons. The third-order valence-electron chi connectivity index (χ3n) is 3.18. The van der Waals surface area contributed by atoms with Gasteiger partial charge in [0.1, 0.15) is 0 Å². The molecule has 0 saturated heterocycles. The zero-order valence-electron chi connectivity index (χ0n) is 13.3. The van der Waals surface area contributed by atoms with Crippen molar-refractivity contribution in [2.45, 2.75) is 13.5 Å². The highest BCUT2D eigenvalue weighted by Crippen LogP contribution is 2.16. The van der Waals surface area contributed by atoms with Crippen LogP contribution in [0.15, 0.2) is 53.0 Å². The lowest BCUT2D eigenvalue weighted by molar-refractivity contribution is -0.118. The Morgan fingerprint density at radius 1 is 1.04 bits per heavy atom. The largest absolute Gasteiger partial charge is 0.351 e. The number of rotatable bonds is 7. The van der Waals surface area contributed by atoms with E-state index in [0.29, 0.717) is 6.54 Å². The standard InChI is InChI=1S/C18H19BrN2O2S/c1-13-5-7-14(8-6-13)10-20-17(22)11-24-12-18(23)21-16-4-2-3-15(19)9-16/h2-9H,10-12H2,1H3,(H,20,22)(H,21,23). The fraction of sp³-hybridized carbons (Fsp3) is 0.222. The Hall–Kier alpha value is -1.79. The zero-order chi connectivity index (χ0) is 17.4. The van der Waals surface area contributed by atoms with E-state index in [1.807, 2.05) is 55.5 Å². The Morgan fingerprint density at radius 2 is 1.75 bits per heavy atom. The first-order valence-electron chi connectivity index (χ1n) is 7.48. The van der Waals surface area contributed by atoms with Gasteiger partial charge in [-0.3, -0.25) is 9.59 Å². The second-order valence-corrected chi connectivity index (χ2v) is 7.21. The van der Waals surface area contributed by atoms with Crippen LogP contribution in [0.2, 0.25) is 0 Å². The summed E-state index contributed by atoms with van der Waals surface area (Å²) in [5, 5.41) is 5.65. The van der Waals surface area contributed by atoms with Gasteiger partial charge in [0.2, 0.25) is 11.8 Å². The van der Waals surface area contributed by atoms with Gasteiger partial charge in [0, 0.05) is 16.7 Å². The summed E-state index contributed by atoms with van der Waals surface area (Å²) in [6.45, 7) is 2.53. The Kier molecular flexibility index (Phi) is 7.34. The number of halogens is 1. The summed E-state index contributed by atoms with van der Waals surface area (Å²) in [4.78, 5) is 23.6. The minimum Gasteiger partial charge on any atom is -0.351 e. The molecule has 0 fully saturated rings. The molecule has 0 aliphatic carbocycles. The first kappa shape index (κ1) is 18.5. The molecule has 0 bridgehead atoms. The fourth-order valence-corrected chi connectivity index (χ4v) is 3.00. The number of benzene rings is 2. The predicted molar refractivity (Wildman–Crippen MR) is 103 cm³/mol. The van der Waals surface area contributed by atoms with Gasteiger partial charge in [-0.2, -0.15) is 0 Å². The maximum Gasteiger partial charge on any atom is 0.234 e. The molecular formula is C18H19BrN2O2S. The van der Waals surface area contributed by atoms with Crippen molar-refractivity contribution in [2.24, 2.45) is 0 Å². The SMILES string of the molecule is Cc1ccc(CNC(=O)CSCC(=O)Nc2cccc(Br)c2)cc1. The maximum absolute atomic E-state index is 11.8. The Bertz CT molecular complexity index is 704. The summed E-state index contributed by atoms with van der Waals surface area (Å²) in [6, 6.07) is 15.4. The molecule has 2 aromatic carbocycles. The number of hydrogen-bond acceptors (Lipinski definition) is 3. The smallest absolute Gasteiger partial charge is 0.234 e. The molecule has 2 N–H and O–H groups in total. The quantitative estimate of drug-likeness (QED) is 0.735. The molecule has 0 saturated carbocycles. The summed E-state index contributed by atoms with van der Waals surface area (Å²) < 4.78 is 0.906. The topological polar surface area (TPSA) is 58.2 Å². The van der Waals surface area contributed by atoms with Crippen molar-refractivity contribution in [2.75, 3.05) is 16.8 Å². The molecule has 4 nitrogen and oxygen atoms in total. The first-order chi connectivity index (χ1) is 11.5. The van der Waals surface area contributed by atoms with Crippen molar-refractivity contribution in [3.05, 3.63) is 64.1 Å². The molecule has 0 spiro atoms. The molecule has 0 aromatic heterocycles.